The lowest BCUT2D eigenvalue weighted by Crippen LogP contribution is -2.20. The average Bonchev–Trinajstić information content (AvgIpc) is 2.94. The third kappa shape index (κ3) is 2.44. The minimum Gasteiger partial charge on any atom is -0.325 e. The van der Waals surface area contributed by atoms with Crippen molar-refractivity contribution in [3.8, 4) is 0 Å². The first-order chi connectivity index (χ1) is 8.72. The van der Waals surface area contributed by atoms with Crippen LogP contribution in [0.5, 0.6) is 0 Å². The van der Waals surface area contributed by atoms with Crippen LogP contribution >= 0.6 is 15.9 Å². The summed E-state index contributed by atoms with van der Waals surface area (Å²) in [5.41, 5.74) is 0.818. The Labute approximate surface area is 116 Å². The number of nitrogens with one attached hydrogen (secondary N) is 1. The van der Waals surface area contributed by atoms with Crippen LogP contribution in [0.2, 0.25) is 0 Å². The van der Waals surface area contributed by atoms with Gasteiger partial charge in [0.05, 0.1) is 10.2 Å². The predicted octanol–water partition coefficient (Wildman–Crippen LogP) is 3.61. The maximum Gasteiger partial charge on any atom is 0.224 e. The van der Waals surface area contributed by atoms with Crippen molar-refractivity contribution >= 4 is 27.5 Å². The van der Waals surface area contributed by atoms with Crippen LogP contribution in [0.15, 0.2) is 22.9 Å². The Morgan fingerprint density at radius 3 is 3.00 bits per heavy atom. The lowest BCUT2D eigenvalue weighted by Gasteiger charge is -2.21. The lowest BCUT2D eigenvalue weighted by molar-refractivity contribution is -0.117. The molecule has 0 aromatic carbocycles. The molecule has 0 aliphatic heterocycles. The van der Waals surface area contributed by atoms with E-state index < -0.39 is 0 Å². The molecule has 2 aliphatic carbocycles. The van der Waals surface area contributed by atoms with Gasteiger partial charge in [-0.2, -0.15) is 0 Å². The third-order valence-corrected chi connectivity index (χ3v) is 5.01. The van der Waals surface area contributed by atoms with E-state index in [9.17, 15) is 4.79 Å². The largest absolute Gasteiger partial charge is 0.325 e. The molecule has 2 aliphatic rings. The number of aromatic nitrogens is 1. The van der Waals surface area contributed by atoms with Gasteiger partial charge in [0.2, 0.25) is 5.91 Å². The van der Waals surface area contributed by atoms with Gasteiger partial charge in [-0.1, -0.05) is 6.42 Å². The summed E-state index contributed by atoms with van der Waals surface area (Å²) in [6.45, 7) is 0. The summed E-state index contributed by atoms with van der Waals surface area (Å²) >= 11 is 3.39. The Kier molecular flexibility index (Phi) is 3.37. The third-order valence-electron chi connectivity index (χ3n) is 4.38. The zero-order valence-corrected chi connectivity index (χ0v) is 11.8. The fourth-order valence-electron chi connectivity index (χ4n) is 3.54. The molecule has 3 rings (SSSR count). The van der Waals surface area contributed by atoms with Gasteiger partial charge in [0.15, 0.2) is 0 Å². The Balaban J connectivity index is 1.58. The Hall–Kier alpha value is -0.900. The Morgan fingerprint density at radius 1 is 1.44 bits per heavy atom. The summed E-state index contributed by atoms with van der Waals surface area (Å²) in [4.78, 5) is 16.0. The fraction of sp³-hybridized carbons (Fsp3) is 0.571. The lowest BCUT2D eigenvalue weighted by atomic mass is 9.86. The number of halogens is 1. The molecule has 2 bridgehead atoms. The van der Waals surface area contributed by atoms with E-state index in [0.717, 1.165) is 22.0 Å². The van der Waals surface area contributed by atoms with E-state index in [1.54, 1.807) is 12.4 Å². The number of fused-ring (bicyclic) bond motifs is 2. The van der Waals surface area contributed by atoms with Crippen molar-refractivity contribution in [1.29, 1.82) is 0 Å². The molecule has 1 heterocycles. The monoisotopic (exact) mass is 308 g/mol. The number of carbonyl (C=O) groups excluding carboxylic acids is 1. The van der Waals surface area contributed by atoms with E-state index in [1.807, 2.05) is 6.07 Å². The molecule has 3 nitrogen and oxygen atoms in total. The molecular formula is C14H17BrN2O. The van der Waals surface area contributed by atoms with Crippen LogP contribution < -0.4 is 5.32 Å². The standard InChI is InChI=1S/C14H17BrN2O/c15-12-8-16-4-3-13(12)17-14(18)7-11-6-9-1-2-10(11)5-9/h3-4,8-11H,1-2,5-7H2,(H,16,17,18). The average molecular weight is 309 g/mol. The first-order valence-electron chi connectivity index (χ1n) is 6.61. The molecule has 18 heavy (non-hydrogen) atoms. The minimum atomic E-state index is 0.138. The molecule has 1 aromatic rings. The zero-order chi connectivity index (χ0) is 12.5. The second kappa shape index (κ2) is 5.00. The summed E-state index contributed by atoms with van der Waals surface area (Å²) in [7, 11) is 0. The normalized spacial score (nSPS) is 29.5. The Bertz CT molecular complexity index is 463. The molecule has 4 heteroatoms. The van der Waals surface area contributed by atoms with E-state index in [0.29, 0.717) is 12.3 Å². The van der Waals surface area contributed by atoms with E-state index in [2.05, 4.69) is 26.2 Å². The van der Waals surface area contributed by atoms with Crippen molar-refractivity contribution in [3.63, 3.8) is 0 Å². The van der Waals surface area contributed by atoms with E-state index in [4.69, 9.17) is 0 Å². The molecule has 1 N–H and O–H groups in total. The van der Waals surface area contributed by atoms with Crippen molar-refractivity contribution in [2.45, 2.75) is 32.1 Å². The number of pyridine rings is 1. The number of anilines is 1. The van der Waals surface area contributed by atoms with Crippen molar-refractivity contribution in [1.82, 2.24) is 4.98 Å². The molecule has 1 amide bonds. The van der Waals surface area contributed by atoms with Crippen molar-refractivity contribution < 1.29 is 4.79 Å². The molecule has 2 fully saturated rings. The summed E-state index contributed by atoms with van der Waals surface area (Å²) in [6.07, 6.45) is 9.41. The highest BCUT2D eigenvalue weighted by Gasteiger charge is 2.40. The number of nitrogens with zero attached hydrogens (tertiary/aromatic N) is 1. The summed E-state index contributed by atoms with van der Waals surface area (Å²) in [5.74, 6) is 2.46. The highest BCUT2D eigenvalue weighted by Crippen LogP contribution is 2.49. The van der Waals surface area contributed by atoms with Gasteiger partial charge in [0.1, 0.15) is 0 Å². The van der Waals surface area contributed by atoms with Crippen LogP contribution in [0.1, 0.15) is 32.1 Å². The van der Waals surface area contributed by atoms with E-state index in [-0.39, 0.29) is 5.91 Å². The SMILES string of the molecule is O=C(CC1CC2CCC1C2)Nc1ccncc1Br. The maximum absolute atomic E-state index is 12.0. The van der Waals surface area contributed by atoms with E-state index >= 15 is 0 Å². The van der Waals surface area contributed by atoms with Gasteiger partial charge < -0.3 is 5.32 Å². The molecule has 1 aromatic heterocycles. The first kappa shape index (κ1) is 12.2. The molecule has 96 valence electrons. The van der Waals surface area contributed by atoms with Crippen molar-refractivity contribution in [3.05, 3.63) is 22.9 Å². The number of carbonyl (C=O) groups is 1. The molecule has 0 spiro atoms. The van der Waals surface area contributed by atoms with Crippen LogP contribution in [-0.4, -0.2) is 10.9 Å². The van der Waals surface area contributed by atoms with Crippen LogP contribution in [0.3, 0.4) is 0 Å². The second-order valence-electron chi connectivity index (χ2n) is 5.54. The van der Waals surface area contributed by atoms with E-state index in [1.165, 1.54) is 25.7 Å². The predicted molar refractivity (Wildman–Crippen MR) is 74.1 cm³/mol. The molecule has 0 saturated heterocycles. The molecule has 2 saturated carbocycles. The van der Waals surface area contributed by atoms with Crippen molar-refractivity contribution in [2.75, 3.05) is 5.32 Å². The second-order valence-corrected chi connectivity index (χ2v) is 6.40. The highest BCUT2D eigenvalue weighted by atomic mass is 79.9. The number of amides is 1. The van der Waals surface area contributed by atoms with Gasteiger partial charge in [-0.05, 0) is 59.0 Å². The zero-order valence-electron chi connectivity index (χ0n) is 10.2. The summed E-state index contributed by atoms with van der Waals surface area (Å²) < 4.78 is 0.839. The van der Waals surface area contributed by atoms with Crippen LogP contribution in [0.4, 0.5) is 5.69 Å². The smallest absolute Gasteiger partial charge is 0.224 e. The minimum absolute atomic E-state index is 0.138. The van der Waals surface area contributed by atoms with Crippen LogP contribution in [-0.2, 0) is 4.79 Å². The van der Waals surface area contributed by atoms with Gasteiger partial charge >= 0.3 is 0 Å². The number of hydrogen-bond acceptors (Lipinski definition) is 2. The summed E-state index contributed by atoms with van der Waals surface area (Å²) in [5, 5.41) is 2.97. The van der Waals surface area contributed by atoms with Gasteiger partial charge in [0.25, 0.3) is 0 Å². The van der Waals surface area contributed by atoms with Gasteiger partial charge in [0, 0.05) is 18.8 Å². The number of hydrogen-bond donors (Lipinski definition) is 1. The molecule has 0 radical (unpaired) electrons. The van der Waals surface area contributed by atoms with Crippen LogP contribution in [0.25, 0.3) is 0 Å². The van der Waals surface area contributed by atoms with Crippen LogP contribution in [0, 0.1) is 17.8 Å². The topological polar surface area (TPSA) is 42.0 Å². The van der Waals surface area contributed by atoms with Crippen molar-refractivity contribution in [2.24, 2.45) is 17.8 Å². The fourth-order valence-corrected chi connectivity index (χ4v) is 3.89. The molecule has 3 unspecified atom stereocenters. The van der Waals surface area contributed by atoms with Gasteiger partial charge in [-0.3, -0.25) is 9.78 Å². The first-order valence-corrected chi connectivity index (χ1v) is 7.41. The molecule has 3 atom stereocenters. The number of rotatable bonds is 3. The maximum atomic E-state index is 12.0. The quantitative estimate of drug-likeness (QED) is 0.927. The Morgan fingerprint density at radius 2 is 2.33 bits per heavy atom. The highest BCUT2D eigenvalue weighted by molar-refractivity contribution is 9.10. The summed E-state index contributed by atoms with van der Waals surface area (Å²) in [6, 6.07) is 1.82. The molecular weight excluding hydrogens is 292 g/mol. The van der Waals surface area contributed by atoms with Gasteiger partial charge in [-0.25, -0.2) is 0 Å². The van der Waals surface area contributed by atoms with Gasteiger partial charge in [-0.15, -0.1) is 0 Å².